The number of methoxy groups -OCH3 is 2. The van der Waals surface area contributed by atoms with Crippen LogP contribution in [0, 0.1) is 6.92 Å². The summed E-state index contributed by atoms with van der Waals surface area (Å²) in [5.41, 5.74) is 1.76. The average Bonchev–Trinajstić information content (AvgIpc) is 2.55. The zero-order valence-electron chi connectivity index (χ0n) is 14.4. The van der Waals surface area contributed by atoms with E-state index >= 15 is 0 Å². The van der Waals surface area contributed by atoms with E-state index in [1.807, 2.05) is 38.1 Å². The highest BCUT2D eigenvalue weighted by atomic mass is 16.5. The SMILES string of the molecule is CCN(C(=O)C(=O)N(CCOC)CCOC)c1cccc(C)c1. The third-order valence-electron chi connectivity index (χ3n) is 3.48. The summed E-state index contributed by atoms with van der Waals surface area (Å²) in [7, 11) is 3.12. The fraction of sp³-hybridized carbons (Fsp3) is 0.529. The highest BCUT2D eigenvalue weighted by molar-refractivity contribution is 6.40. The lowest BCUT2D eigenvalue weighted by atomic mass is 10.2. The topological polar surface area (TPSA) is 59.1 Å². The summed E-state index contributed by atoms with van der Waals surface area (Å²) in [5.74, 6) is -1.08. The van der Waals surface area contributed by atoms with Crippen LogP contribution in [0.1, 0.15) is 12.5 Å². The first-order valence-electron chi connectivity index (χ1n) is 7.70. The molecule has 0 N–H and O–H groups in total. The largest absolute Gasteiger partial charge is 0.383 e. The van der Waals surface area contributed by atoms with E-state index in [1.54, 1.807) is 14.2 Å². The van der Waals surface area contributed by atoms with Crippen molar-refractivity contribution in [1.29, 1.82) is 0 Å². The Labute approximate surface area is 138 Å². The van der Waals surface area contributed by atoms with Crippen LogP contribution in [0.3, 0.4) is 0 Å². The maximum atomic E-state index is 12.6. The normalized spacial score (nSPS) is 10.4. The Kier molecular flexibility index (Phi) is 8.29. The number of carbonyl (C=O) groups is 2. The number of amides is 2. The summed E-state index contributed by atoms with van der Waals surface area (Å²) >= 11 is 0. The van der Waals surface area contributed by atoms with Crippen molar-refractivity contribution in [3.05, 3.63) is 29.8 Å². The van der Waals surface area contributed by atoms with Crippen molar-refractivity contribution in [3.8, 4) is 0 Å². The minimum absolute atomic E-state index is 0.357. The molecule has 0 aliphatic carbocycles. The Hall–Kier alpha value is -1.92. The Bertz CT molecular complexity index is 511. The molecule has 0 fully saturated rings. The average molecular weight is 322 g/mol. The standard InChI is InChI=1S/C17H26N2O4/c1-5-19(15-8-6-7-14(2)13-15)17(21)16(20)18(9-11-22-3)10-12-23-4/h6-8,13H,5,9-12H2,1-4H3. The molecule has 6 nitrogen and oxygen atoms in total. The second-order valence-corrected chi connectivity index (χ2v) is 5.17. The number of likely N-dealkylation sites (N-methyl/N-ethyl adjacent to an activating group) is 1. The molecule has 0 bridgehead atoms. The van der Waals surface area contributed by atoms with Crippen LogP contribution in [0.15, 0.2) is 24.3 Å². The monoisotopic (exact) mass is 322 g/mol. The van der Waals surface area contributed by atoms with Gasteiger partial charge in [0, 0.05) is 39.5 Å². The van der Waals surface area contributed by atoms with Gasteiger partial charge in [-0.1, -0.05) is 12.1 Å². The van der Waals surface area contributed by atoms with Gasteiger partial charge < -0.3 is 19.3 Å². The second-order valence-electron chi connectivity index (χ2n) is 5.17. The molecule has 1 aromatic rings. The van der Waals surface area contributed by atoms with Gasteiger partial charge in [0.2, 0.25) is 0 Å². The Morgan fingerprint density at radius 1 is 1.04 bits per heavy atom. The van der Waals surface area contributed by atoms with Gasteiger partial charge in [-0.3, -0.25) is 9.59 Å². The van der Waals surface area contributed by atoms with Crippen LogP contribution >= 0.6 is 0 Å². The van der Waals surface area contributed by atoms with Crippen molar-refractivity contribution in [1.82, 2.24) is 4.90 Å². The van der Waals surface area contributed by atoms with E-state index in [1.165, 1.54) is 9.80 Å². The minimum atomic E-state index is -0.539. The molecule has 0 aliphatic heterocycles. The smallest absolute Gasteiger partial charge is 0.316 e. The van der Waals surface area contributed by atoms with Gasteiger partial charge in [-0.2, -0.15) is 0 Å². The number of aryl methyl sites for hydroxylation is 1. The van der Waals surface area contributed by atoms with E-state index in [-0.39, 0.29) is 0 Å². The van der Waals surface area contributed by atoms with Crippen molar-refractivity contribution in [2.24, 2.45) is 0 Å². The molecule has 2 amide bonds. The summed E-state index contributed by atoms with van der Waals surface area (Å²) < 4.78 is 10.0. The van der Waals surface area contributed by atoms with Gasteiger partial charge >= 0.3 is 11.8 Å². The van der Waals surface area contributed by atoms with E-state index < -0.39 is 11.8 Å². The molecule has 0 saturated carbocycles. The van der Waals surface area contributed by atoms with Gasteiger partial charge in [-0.05, 0) is 31.5 Å². The quantitative estimate of drug-likeness (QED) is 0.680. The lowest BCUT2D eigenvalue weighted by Gasteiger charge is -2.26. The molecule has 0 heterocycles. The molecule has 6 heteroatoms. The molecule has 0 aliphatic rings. The molecule has 1 rings (SSSR count). The molecule has 0 unspecified atom stereocenters. The number of nitrogens with zero attached hydrogens (tertiary/aromatic N) is 2. The molecule has 0 aromatic heterocycles. The highest BCUT2D eigenvalue weighted by Crippen LogP contribution is 2.16. The first-order valence-corrected chi connectivity index (χ1v) is 7.70. The van der Waals surface area contributed by atoms with Crippen LogP contribution in [-0.2, 0) is 19.1 Å². The molecule has 0 atom stereocenters. The molecule has 0 radical (unpaired) electrons. The van der Waals surface area contributed by atoms with E-state index in [4.69, 9.17) is 9.47 Å². The maximum absolute atomic E-state index is 12.6. The van der Waals surface area contributed by atoms with E-state index in [2.05, 4.69) is 0 Å². The number of ether oxygens (including phenoxy) is 2. The summed E-state index contributed by atoms with van der Waals surface area (Å²) in [4.78, 5) is 28.1. The molecule has 23 heavy (non-hydrogen) atoms. The van der Waals surface area contributed by atoms with Crippen molar-refractivity contribution >= 4 is 17.5 Å². The van der Waals surface area contributed by atoms with E-state index in [9.17, 15) is 9.59 Å². The number of carbonyl (C=O) groups excluding carboxylic acids is 2. The third kappa shape index (κ3) is 5.65. The zero-order valence-corrected chi connectivity index (χ0v) is 14.4. The molecule has 0 saturated heterocycles. The van der Waals surface area contributed by atoms with Crippen LogP contribution in [0.25, 0.3) is 0 Å². The van der Waals surface area contributed by atoms with Crippen molar-refractivity contribution < 1.29 is 19.1 Å². The van der Waals surface area contributed by atoms with E-state index in [0.717, 1.165) is 11.3 Å². The Balaban J connectivity index is 2.90. The lowest BCUT2D eigenvalue weighted by molar-refractivity contribution is -0.145. The van der Waals surface area contributed by atoms with Gasteiger partial charge in [0.1, 0.15) is 0 Å². The molecular formula is C17H26N2O4. The number of benzene rings is 1. The molecular weight excluding hydrogens is 296 g/mol. The highest BCUT2D eigenvalue weighted by Gasteiger charge is 2.27. The van der Waals surface area contributed by atoms with Crippen LogP contribution in [0.4, 0.5) is 5.69 Å². The van der Waals surface area contributed by atoms with Gasteiger partial charge in [0.05, 0.1) is 13.2 Å². The van der Waals surface area contributed by atoms with Crippen molar-refractivity contribution in [3.63, 3.8) is 0 Å². The summed E-state index contributed by atoms with van der Waals surface area (Å²) in [6, 6.07) is 7.55. The Morgan fingerprint density at radius 3 is 2.13 bits per heavy atom. The number of rotatable bonds is 8. The number of anilines is 1. The summed E-state index contributed by atoms with van der Waals surface area (Å²) in [6.45, 7) is 5.69. The lowest BCUT2D eigenvalue weighted by Crippen LogP contribution is -2.47. The molecule has 128 valence electrons. The summed E-state index contributed by atoms with van der Waals surface area (Å²) in [5, 5.41) is 0. The fourth-order valence-electron chi connectivity index (χ4n) is 2.21. The second kappa shape index (κ2) is 9.97. The number of hydrogen-bond donors (Lipinski definition) is 0. The maximum Gasteiger partial charge on any atom is 0.316 e. The van der Waals surface area contributed by atoms with Gasteiger partial charge in [-0.25, -0.2) is 0 Å². The van der Waals surface area contributed by atoms with E-state index in [0.29, 0.717) is 32.8 Å². The third-order valence-corrected chi connectivity index (χ3v) is 3.48. The van der Waals surface area contributed by atoms with Crippen LogP contribution in [-0.4, -0.2) is 63.8 Å². The minimum Gasteiger partial charge on any atom is -0.383 e. The first-order chi connectivity index (χ1) is 11.0. The van der Waals surface area contributed by atoms with Crippen molar-refractivity contribution in [2.45, 2.75) is 13.8 Å². The predicted octanol–water partition coefficient (Wildman–Crippen LogP) is 1.47. The zero-order chi connectivity index (χ0) is 17.2. The van der Waals surface area contributed by atoms with Gasteiger partial charge in [-0.15, -0.1) is 0 Å². The van der Waals surface area contributed by atoms with Crippen molar-refractivity contribution in [2.75, 3.05) is 52.0 Å². The van der Waals surface area contributed by atoms with Crippen LogP contribution in [0.5, 0.6) is 0 Å². The Morgan fingerprint density at radius 2 is 1.65 bits per heavy atom. The molecule has 1 aromatic carbocycles. The van der Waals surface area contributed by atoms with Crippen LogP contribution in [0.2, 0.25) is 0 Å². The van der Waals surface area contributed by atoms with Gasteiger partial charge in [0.15, 0.2) is 0 Å². The molecule has 0 spiro atoms. The van der Waals surface area contributed by atoms with Crippen LogP contribution < -0.4 is 4.90 Å². The number of hydrogen-bond acceptors (Lipinski definition) is 4. The summed E-state index contributed by atoms with van der Waals surface area (Å²) in [6.07, 6.45) is 0. The predicted molar refractivity (Wildman–Crippen MR) is 89.5 cm³/mol. The van der Waals surface area contributed by atoms with Gasteiger partial charge in [0.25, 0.3) is 0 Å². The fourth-order valence-corrected chi connectivity index (χ4v) is 2.21. The first kappa shape index (κ1) is 19.1.